The molecule has 0 aromatic heterocycles. The summed E-state index contributed by atoms with van der Waals surface area (Å²) in [5, 5.41) is 95.2. The first-order valence-electron chi connectivity index (χ1n) is 23.0. The highest BCUT2D eigenvalue weighted by atomic mass is 15.3. The zero-order valence-electron chi connectivity index (χ0n) is 30.5. The second-order valence-corrected chi connectivity index (χ2v) is 23.4. The lowest BCUT2D eigenvalue weighted by Crippen LogP contribution is -2.27. The maximum atomic E-state index is 4.78. The quantitative estimate of drug-likeness (QED) is 0.122. The van der Waals surface area contributed by atoms with Gasteiger partial charge in [0.1, 0.15) is 0 Å². The molecule has 1 saturated heterocycles. The molecule has 0 saturated carbocycles. The van der Waals surface area contributed by atoms with Crippen molar-refractivity contribution in [1.29, 1.82) is 0 Å². The fourth-order valence-corrected chi connectivity index (χ4v) is 23.8. The number of hydrogen-bond acceptors (Lipinski definition) is 1. The molecular weight excluding hydrogens is 735 g/mol. The molecule has 1 nitrogen and oxygen atoms in total. The summed E-state index contributed by atoms with van der Waals surface area (Å²) in [5.74, 6) is 0. The number of benzene rings is 18. The third-order valence-corrected chi connectivity index (χ3v) is 23.6. The molecular formula is C60HN. The highest BCUT2D eigenvalue weighted by molar-refractivity contribution is 6.82. The Bertz CT molecular complexity index is 6300. The normalized spacial score (nSPS) is 23.8. The molecule has 1 heteroatoms. The molecule has 4 aliphatic carbocycles. The van der Waals surface area contributed by atoms with Gasteiger partial charge in [-0.25, -0.2) is 0 Å². The van der Waals surface area contributed by atoms with Crippen LogP contribution in [0.1, 0.15) is 22.3 Å². The molecule has 0 atom stereocenters. The van der Waals surface area contributed by atoms with E-state index in [2.05, 4.69) is 0 Å². The van der Waals surface area contributed by atoms with Gasteiger partial charge in [-0.2, -0.15) is 0 Å². The summed E-state index contributed by atoms with van der Waals surface area (Å²) in [7, 11) is 0. The van der Waals surface area contributed by atoms with Crippen molar-refractivity contribution in [3.63, 3.8) is 0 Å². The number of hydrogen-bond donors (Lipinski definition) is 1. The van der Waals surface area contributed by atoms with E-state index >= 15 is 0 Å². The topological polar surface area (TPSA) is 21.9 Å². The van der Waals surface area contributed by atoms with Crippen LogP contribution in [-0.4, -0.2) is 0 Å². The lowest BCUT2D eigenvalue weighted by atomic mass is 9.68. The minimum Gasteiger partial charge on any atom is -0.286 e. The summed E-state index contributed by atoms with van der Waals surface area (Å²) in [4.78, 5) is 0. The second-order valence-electron chi connectivity index (χ2n) is 23.4. The molecule has 1 N–H and O–H groups in total. The van der Waals surface area contributed by atoms with Gasteiger partial charge in [-0.05, 0) is 313 Å². The van der Waals surface area contributed by atoms with Crippen LogP contribution in [-0.2, 0) is 11.1 Å². The van der Waals surface area contributed by atoms with E-state index in [1.54, 1.807) is 313 Å². The van der Waals surface area contributed by atoms with Gasteiger partial charge >= 0.3 is 0 Å². The van der Waals surface area contributed by atoms with Crippen molar-refractivity contribution in [1.82, 2.24) is 5.32 Å². The van der Waals surface area contributed by atoms with Crippen molar-refractivity contribution in [3.8, 4) is 0 Å². The zero-order valence-corrected chi connectivity index (χ0v) is 30.5. The van der Waals surface area contributed by atoms with Gasteiger partial charge in [-0.15, -0.1) is 0 Å². The first-order valence-corrected chi connectivity index (χ1v) is 23.0. The SMILES string of the molecule is N1C23c4c5c6c7c8c9c(c%10c%11c2c2c4c4c%12c5c5c6c6c8c8c%13c9c9c%10c%10c%11c%11c2c2c4c4c%12c%12c5c5c6c8c6c8c%13c9c9c%10c%10c%11c2c2c4c4c%12c5c6c5c8c9c%10c2c45)C173. The third kappa shape index (κ3) is 0.976. The zero-order chi connectivity index (χ0) is 35.2. The molecule has 5 aliphatic rings. The van der Waals surface area contributed by atoms with Crippen LogP contribution in [0.3, 0.4) is 0 Å². The van der Waals surface area contributed by atoms with Crippen LogP contribution in [0.5, 0.6) is 0 Å². The lowest BCUT2D eigenvalue weighted by molar-refractivity contribution is 0.731. The molecule has 33 rings (SSSR count). The van der Waals surface area contributed by atoms with Crippen molar-refractivity contribution < 1.29 is 0 Å². The smallest absolute Gasteiger partial charge is 0.0997 e. The Morgan fingerprint density at radius 3 is 0.295 bits per heavy atom. The summed E-state index contributed by atoms with van der Waals surface area (Å²) >= 11 is 0. The fourth-order valence-electron chi connectivity index (χ4n) is 23.8. The van der Waals surface area contributed by atoms with E-state index in [0.29, 0.717) is 0 Å². The van der Waals surface area contributed by atoms with Gasteiger partial charge in [0, 0.05) is 0 Å². The summed E-state index contributed by atoms with van der Waals surface area (Å²) in [6.07, 6.45) is 0. The average molecular weight is 736 g/mol. The first-order chi connectivity index (χ1) is 30.4. The Hall–Kier alpha value is -7.58. The van der Waals surface area contributed by atoms with Gasteiger partial charge in [-0.1, -0.05) is 0 Å². The summed E-state index contributed by atoms with van der Waals surface area (Å²) < 4.78 is 0. The summed E-state index contributed by atoms with van der Waals surface area (Å²) in [6, 6.07) is 0. The van der Waals surface area contributed by atoms with Crippen LogP contribution in [0.25, 0.3) is 291 Å². The van der Waals surface area contributed by atoms with Gasteiger partial charge in [0.2, 0.25) is 0 Å². The van der Waals surface area contributed by atoms with E-state index in [-0.39, 0.29) is 11.1 Å². The molecule has 246 valence electrons. The number of rotatable bonds is 0. The van der Waals surface area contributed by atoms with Crippen LogP contribution in [0.4, 0.5) is 0 Å². The van der Waals surface area contributed by atoms with E-state index in [1.165, 1.54) is 0 Å². The molecule has 0 bridgehead atoms. The predicted octanol–water partition coefficient (Wildman–Crippen LogP) is 15.8. The fraction of sp³-hybridized carbons (Fsp3) is 0.0333. The molecule has 28 aromatic rings. The molecule has 0 unspecified atom stereocenters. The van der Waals surface area contributed by atoms with Crippen molar-refractivity contribution in [2.75, 3.05) is 0 Å². The van der Waals surface area contributed by atoms with Crippen LogP contribution < -0.4 is 5.32 Å². The van der Waals surface area contributed by atoms with E-state index in [4.69, 9.17) is 5.32 Å². The summed E-state index contributed by atoms with van der Waals surface area (Å²) in [5.41, 5.74) is 6.51. The molecule has 1 aliphatic heterocycles. The van der Waals surface area contributed by atoms with Crippen molar-refractivity contribution in [3.05, 3.63) is 22.3 Å². The third-order valence-electron chi connectivity index (χ3n) is 23.6. The van der Waals surface area contributed by atoms with Gasteiger partial charge in [0.25, 0.3) is 0 Å². The van der Waals surface area contributed by atoms with Gasteiger partial charge in [0.05, 0.1) is 11.1 Å². The molecule has 2 spiro atoms. The highest BCUT2D eigenvalue weighted by Crippen LogP contribution is 2.86. The van der Waals surface area contributed by atoms with Crippen LogP contribution in [0.2, 0.25) is 0 Å². The van der Waals surface area contributed by atoms with Crippen LogP contribution in [0, 0.1) is 0 Å². The Morgan fingerprint density at radius 1 is 0.115 bits per heavy atom. The minimum absolute atomic E-state index is 0.196. The highest BCUT2D eigenvalue weighted by Gasteiger charge is 2.80. The Morgan fingerprint density at radius 2 is 0.197 bits per heavy atom. The molecule has 61 heavy (non-hydrogen) atoms. The maximum absolute atomic E-state index is 4.78. The molecule has 28 aromatic carbocycles. The molecule has 0 amide bonds. The Labute approximate surface area is 328 Å². The standard InChI is InChI=1S/C60HN/c61-59-55-47-39-29-19-11-3-1-2-5-9-7(3)15-23-17(9)27-21-13(5)14-6(2)10-8-4(1)12(11)20-26-16(8)24-18(10)28-22(14)32-31(21)41-35(27)45-37(23)43(33(39)25(15)19)51(55)53(45)57-49(41)50-42(32)36(28)46-38(24)44-34(26)40(30(20)29)48(47)56(59)52(44)54(46)58(50)60(57,59)61/h61H. The van der Waals surface area contributed by atoms with Gasteiger partial charge in [-0.3, -0.25) is 5.32 Å². The van der Waals surface area contributed by atoms with E-state index < -0.39 is 0 Å². The summed E-state index contributed by atoms with van der Waals surface area (Å²) in [6.45, 7) is 0. The largest absolute Gasteiger partial charge is 0.286 e. The van der Waals surface area contributed by atoms with Crippen molar-refractivity contribution in [2.24, 2.45) is 0 Å². The van der Waals surface area contributed by atoms with Crippen LogP contribution in [0.15, 0.2) is 0 Å². The van der Waals surface area contributed by atoms with Crippen LogP contribution >= 0.6 is 0 Å². The second kappa shape index (κ2) is 4.31. The Kier molecular flexibility index (Phi) is 1.45. The predicted molar refractivity (Wildman–Crippen MR) is 257 cm³/mol. The first kappa shape index (κ1) is 20.6. The van der Waals surface area contributed by atoms with E-state index in [1.807, 2.05) is 0 Å². The molecule has 1 heterocycles. The van der Waals surface area contributed by atoms with Crippen molar-refractivity contribution >= 4 is 291 Å². The van der Waals surface area contributed by atoms with Gasteiger partial charge < -0.3 is 0 Å². The lowest BCUT2D eigenvalue weighted by Gasteiger charge is -2.30. The van der Waals surface area contributed by atoms with E-state index in [0.717, 1.165) is 0 Å². The van der Waals surface area contributed by atoms with Gasteiger partial charge in [0.15, 0.2) is 0 Å². The minimum atomic E-state index is -0.196. The average Bonchev–Trinajstić information content (AvgIpc) is 4.11. The molecule has 1 fully saturated rings. The Balaban J connectivity index is 1.32. The monoisotopic (exact) mass is 735 g/mol. The maximum Gasteiger partial charge on any atom is 0.0997 e. The van der Waals surface area contributed by atoms with E-state index in [9.17, 15) is 0 Å². The number of nitrogens with one attached hydrogen (secondary N) is 1. The van der Waals surface area contributed by atoms with Crippen molar-refractivity contribution in [2.45, 2.75) is 11.1 Å². The molecule has 0 radical (unpaired) electrons.